The summed E-state index contributed by atoms with van der Waals surface area (Å²) in [5.74, 6) is 0.691. The van der Waals surface area contributed by atoms with Crippen molar-refractivity contribution >= 4 is 5.69 Å². The Kier molecular flexibility index (Phi) is 7.81. The molecule has 1 aromatic carbocycles. The lowest BCUT2D eigenvalue weighted by atomic mass is 9.82. The van der Waals surface area contributed by atoms with Gasteiger partial charge in [0.15, 0.2) is 0 Å². The van der Waals surface area contributed by atoms with Crippen LogP contribution >= 0.6 is 0 Å². The second-order valence-corrected chi connectivity index (χ2v) is 10.1. The number of rotatable bonds is 8. The molecule has 30 heavy (non-hydrogen) atoms. The van der Waals surface area contributed by atoms with Gasteiger partial charge in [-0.05, 0) is 37.3 Å². The predicted molar refractivity (Wildman–Crippen MR) is 123 cm³/mol. The first kappa shape index (κ1) is 23.5. The highest BCUT2D eigenvalue weighted by molar-refractivity contribution is 5.58. The molecule has 0 aliphatic carbocycles. The summed E-state index contributed by atoms with van der Waals surface area (Å²) in [6, 6.07) is 4.26. The number of piperazine rings is 1. The molecular weight excluding hydrogens is 377 g/mol. The zero-order valence-corrected chi connectivity index (χ0v) is 20.0. The van der Waals surface area contributed by atoms with Crippen LogP contribution in [0.15, 0.2) is 12.1 Å². The largest absolute Gasteiger partial charge is 0.298 e. The fourth-order valence-corrected chi connectivity index (χ4v) is 5.14. The normalized spacial score (nSPS) is 22.5. The summed E-state index contributed by atoms with van der Waals surface area (Å²) >= 11 is 0. The van der Waals surface area contributed by atoms with Crippen LogP contribution in [0.1, 0.15) is 71.4 Å². The molecule has 0 N–H and O–H groups in total. The van der Waals surface area contributed by atoms with Gasteiger partial charge in [0.05, 0.1) is 12.3 Å². The number of hydrogen-bond acceptors (Lipinski definition) is 4. The van der Waals surface area contributed by atoms with Gasteiger partial charge in [0, 0.05) is 62.9 Å². The molecule has 170 valence electrons. The Morgan fingerprint density at radius 1 is 1.17 bits per heavy atom. The van der Waals surface area contributed by atoms with Gasteiger partial charge in [0.1, 0.15) is 5.82 Å². The fourth-order valence-electron chi connectivity index (χ4n) is 5.14. The Labute approximate surface area is 183 Å². The fraction of sp³-hybridized carbons (Fsp3) is 0.760. The lowest BCUT2D eigenvalue weighted by Gasteiger charge is -2.42. The third kappa shape index (κ3) is 5.35. The standard InChI is InChI=1S/C25H42FN3O/c1-7-9-20(10-8-2)16-29-12-11-28(15-19(29)3)17-21-13-22-24(14-23(21)26)27(6)30-18-25(22,4)5/h13-14,19-20H,7-12,15-18H2,1-6H3. The van der Waals surface area contributed by atoms with Crippen LogP contribution in [0.2, 0.25) is 0 Å². The molecule has 1 saturated heterocycles. The first-order chi connectivity index (χ1) is 14.2. The summed E-state index contributed by atoms with van der Waals surface area (Å²) < 4.78 is 15.0. The first-order valence-corrected chi connectivity index (χ1v) is 11.9. The van der Waals surface area contributed by atoms with E-state index in [1.807, 2.05) is 7.05 Å². The van der Waals surface area contributed by atoms with Crippen LogP contribution in [-0.2, 0) is 16.8 Å². The van der Waals surface area contributed by atoms with Crippen molar-refractivity contribution in [2.45, 2.75) is 78.3 Å². The van der Waals surface area contributed by atoms with E-state index in [1.165, 1.54) is 37.8 Å². The lowest BCUT2D eigenvalue weighted by Crippen LogP contribution is -2.52. The number of hydrogen-bond donors (Lipinski definition) is 0. The van der Waals surface area contributed by atoms with Gasteiger partial charge in [0.25, 0.3) is 0 Å². The Hall–Kier alpha value is -1.17. The molecule has 0 bridgehead atoms. The van der Waals surface area contributed by atoms with Crippen LogP contribution in [0.25, 0.3) is 0 Å². The third-order valence-corrected chi connectivity index (χ3v) is 6.98. The van der Waals surface area contributed by atoms with E-state index in [0.717, 1.165) is 36.8 Å². The molecule has 2 aliphatic heterocycles. The summed E-state index contributed by atoms with van der Waals surface area (Å²) in [4.78, 5) is 10.8. The Balaban J connectivity index is 1.66. The predicted octanol–water partition coefficient (Wildman–Crippen LogP) is 5.21. The van der Waals surface area contributed by atoms with Crippen LogP contribution in [0.4, 0.5) is 10.1 Å². The van der Waals surface area contributed by atoms with E-state index in [1.54, 1.807) is 11.1 Å². The molecule has 0 amide bonds. The average Bonchev–Trinajstić information content (AvgIpc) is 2.69. The average molecular weight is 420 g/mol. The van der Waals surface area contributed by atoms with Crippen LogP contribution in [0.5, 0.6) is 0 Å². The molecule has 0 spiro atoms. The van der Waals surface area contributed by atoms with Gasteiger partial charge in [-0.25, -0.2) is 4.39 Å². The number of hydroxylamine groups is 1. The molecule has 3 rings (SSSR count). The van der Waals surface area contributed by atoms with Gasteiger partial charge in [-0.3, -0.25) is 19.7 Å². The number of benzene rings is 1. The Bertz CT molecular complexity index is 702. The molecule has 1 atom stereocenters. The van der Waals surface area contributed by atoms with E-state index in [2.05, 4.69) is 50.5 Å². The highest BCUT2D eigenvalue weighted by Gasteiger charge is 2.33. The molecule has 0 saturated carbocycles. The van der Waals surface area contributed by atoms with E-state index >= 15 is 0 Å². The summed E-state index contributed by atoms with van der Waals surface area (Å²) in [7, 11) is 1.86. The van der Waals surface area contributed by atoms with Crippen molar-refractivity contribution < 1.29 is 9.23 Å². The molecule has 2 heterocycles. The van der Waals surface area contributed by atoms with Gasteiger partial charge in [-0.1, -0.05) is 40.5 Å². The quantitative estimate of drug-likeness (QED) is 0.576. The monoisotopic (exact) mass is 419 g/mol. The van der Waals surface area contributed by atoms with Crippen LogP contribution in [-0.4, -0.2) is 55.7 Å². The van der Waals surface area contributed by atoms with E-state index in [-0.39, 0.29) is 11.2 Å². The maximum Gasteiger partial charge on any atom is 0.129 e. The Morgan fingerprint density at radius 3 is 2.50 bits per heavy atom. The highest BCUT2D eigenvalue weighted by atomic mass is 19.1. The number of nitrogens with zero attached hydrogens (tertiary/aromatic N) is 3. The van der Waals surface area contributed by atoms with Crippen LogP contribution in [0.3, 0.4) is 0 Å². The van der Waals surface area contributed by atoms with Gasteiger partial charge in [-0.15, -0.1) is 0 Å². The van der Waals surface area contributed by atoms with Crippen molar-refractivity contribution in [3.63, 3.8) is 0 Å². The van der Waals surface area contributed by atoms with Crippen molar-refractivity contribution in [3.8, 4) is 0 Å². The number of anilines is 1. The maximum atomic E-state index is 15.0. The first-order valence-electron chi connectivity index (χ1n) is 11.9. The van der Waals surface area contributed by atoms with Crippen molar-refractivity contribution in [2.24, 2.45) is 5.92 Å². The van der Waals surface area contributed by atoms with Gasteiger partial charge in [-0.2, -0.15) is 0 Å². The van der Waals surface area contributed by atoms with Gasteiger partial charge >= 0.3 is 0 Å². The topological polar surface area (TPSA) is 19.0 Å². The number of halogens is 1. The van der Waals surface area contributed by atoms with E-state index in [0.29, 0.717) is 19.2 Å². The van der Waals surface area contributed by atoms with Gasteiger partial charge < -0.3 is 0 Å². The Morgan fingerprint density at radius 2 is 1.87 bits per heavy atom. The van der Waals surface area contributed by atoms with Crippen molar-refractivity contribution in [3.05, 3.63) is 29.1 Å². The summed E-state index contributed by atoms with van der Waals surface area (Å²) in [5, 5.41) is 1.71. The number of fused-ring (bicyclic) bond motifs is 1. The molecule has 1 aromatic rings. The molecule has 0 aromatic heterocycles. The minimum atomic E-state index is -0.122. The SMILES string of the molecule is CCCC(CCC)CN1CCN(Cc2cc3c(cc2F)N(C)OCC3(C)C)CC1C. The van der Waals surface area contributed by atoms with E-state index in [9.17, 15) is 4.39 Å². The molecule has 2 aliphatic rings. The van der Waals surface area contributed by atoms with Crippen molar-refractivity contribution in [1.82, 2.24) is 9.80 Å². The van der Waals surface area contributed by atoms with Crippen molar-refractivity contribution in [1.29, 1.82) is 0 Å². The minimum Gasteiger partial charge on any atom is -0.298 e. The smallest absolute Gasteiger partial charge is 0.129 e. The molecule has 4 nitrogen and oxygen atoms in total. The third-order valence-electron chi connectivity index (χ3n) is 6.98. The highest BCUT2D eigenvalue weighted by Crippen LogP contribution is 2.38. The van der Waals surface area contributed by atoms with Gasteiger partial charge in [0.2, 0.25) is 0 Å². The van der Waals surface area contributed by atoms with Crippen molar-refractivity contribution in [2.75, 3.05) is 44.9 Å². The minimum absolute atomic E-state index is 0.107. The van der Waals surface area contributed by atoms with Crippen LogP contribution in [0, 0.1) is 11.7 Å². The van der Waals surface area contributed by atoms with E-state index in [4.69, 9.17) is 4.84 Å². The second-order valence-electron chi connectivity index (χ2n) is 10.1. The summed E-state index contributed by atoms with van der Waals surface area (Å²) in [6.07, 6.45) is 5.20. The summed E-state index contributed by atoms with van der Waals surface area (Å²) in [6.45, 7) is 16.9. The summed E-state index contributed by atoms with van der Waals surface area (Å²) in [5.41, 5.74) is 2.74. The molecule has 1 fully saturated rings. The molecule has 1 unspecified atom stereocenters. The molecular formula is C25H42FN3O. The lowest BCUT2D eigenvalue weighted by molar-refractivity contribution is 0.0622. The molecule has 5 heteroatoms. The van der Waals surface area contributed by atoms with Crippen LogP contribution < -0.4 is 5.06 Å². The molecule has 0 radical (unpaired) electrons. The maximum absolute atomic E-state index is 15.0. The zero-order chi connectivity index (χ0) is 21.9. The van der Waals surface area contributed by atoms with E-state index < -0.39 is 0 Å². The zero-order valence-electron chi connectivity index (χ0n) is 20.0. The second kappa shape index (κ2) is 9.97.